The van der Waals surface area contributed by atoms with E-state index in [-0.39, 0.29) is 5.54 Å². The first-order valence-electron chi connectivity index (χ1n) is 6.13. The fourth-order valence-corrected chi connectivity index (χ4v) is 2.76. The minimum Gasteiger partial charge on any atom is -0.377 e. The summed E-state index contributed by atoms with van der Waals surface area (Å²) in [5.41, 5.74) is 0.239. The maximum absolute atomic E-state index is 5.47. The number of ether oxygens (including phenoxy) is 1. The van der Waals surface area contributed by atoms with Gasteiger partial charge in [-0.3, -0.25) is 4.99 Å². The van der Waals surface area contributed by atoms with E-state index in [1.165, 1.54) is 12.2 Å². The highest BCUT2D eigenvalue weighted by Gasteiger charge is 2.27. The Hall–Kier alpha value is -0.220. The van der Waals surface area contributed by atoms with Gasteiger partial charge >= 0.3 is 0 Å². The summed E-state index contributed by atoms with van der Waals surface area (Å²) < 4.78 is 5.47. The van der Waals surface area contributed by atoms with Gasteiger partial charge in [-0.2, -0.15) is 0 Å². The van der Waals surface area contributed by atoms with E-state index in [0.29, 0.717) is 12.7 Å². The summed E-state index contributed by atoms with van der Waals surface area (Å²) in [7, 11) is 0. The Balaban J connectivity index is 2.33. The normalized spacial score (nSPS) is 28.4. The lowest BCUT2D eigenvalue weighted by Gasteiger charge is -2.35. The molecule has 1 atom stereocenters. The molecule has 0 aromatic carbocycles. The fourth-order valence-electron chi connectivity index (χ4n) is 1.52. The Bertz CT molecular complexity index is 243. The molecule has 0 aromatic rings. The zero-order valence-corrected chi connectivity index (χ0v) is 11.7. The zero-order chi connectivity index (χ0) is 12.0. The Morgan fingerprint density at radius 2 is 2.31 bits per heavy atom. The summed E-state index contributed by atoms with van der Waals surface area (Å²) in [4.78, 5) is 4.54. The molecular formula is C12H24N2OS. The van der Waals surface area contributed by atoms with Crippen molar-refractivity contribution in [1.29, 1.82) is 0 Å². The largest absolute Gasteiger partial charge is 0.377 e. The zero-order valence-electron chi connectivity index (χ0n) is 10.9. The third-order valence-corrected chi connectivity index (χ3v) is 3.79. The number of hydrogen-bond donors (Lipinski definition) is 1. The summed E-state index contributed by atoms with van der Waals surface area (Å²) >= 11 is 1.82. The number of aliphatic imine (C=N–C) groups is 1. The highest BCUT2D eigenvalue weighted by molar-refractivity contribution is 8.13. The molecular weight excluding hydrogens is 220 g/mol. The Labute approximate surface area is 103 Å². The van der Waals surface area contributed by atoms with Crippen LogP contribution in [0.25, 0.3) is 0 Å². The van der Waals surface area contributed by atoms with Crippen LogP contribution in [-0.4, -0.2) is 35.7 Å². The van der Waals surface area contributed by atoms with Crippen LogP contribution >= 0.6 is 11.8 Å². The van der Waals surface area contributed by atoms with Gasteiger partial charge in [-0.1, -0.05) is 18.7 Å². The van der Waals surface area contributed by atoms with E-state index < -0.39 is 0 Å². The maximum atomic E-state index is 5.47. The number of nitrogens with one attached hydrogen (secondary N) is 1. The second-order valence-electron chi connectivity index (χ2n) is 4.74. The number of rotatable bonds is 5. The molecule has 0 bridgehead atoms. The lowest BCUT2D eigenvalue weighted by molar-refractivity contribution is 0.0853. The van der Waals surface area contributed by atoms with Gasteiger partial charge in [0.25, 0.3) is 0 Å². The number of nitrogens with zero attached hydrogens (tertiary/aromatic N) is 1. The van der Waals surface area contributed by atoms with Crippen LogP contribution in [0, 0.1) is 0 Å². The van der Waals surface area contributed by atoms with Crippen LogP contribution in [0.4, 0.5) is 0 Å². The molecule has 4 heteroatoms. The van der Waals surface area contributed by atoms with E-state index in [1.54, 1.807) is 0 Å². The highest BCUT2D eigenvalue weighted by atomic mass is 32.2. The van der Waals surface area contributed by atoms with Crippen molar-refractivity contribution in [3.63, 3.8) is 0 Å². The molecule has 0 aliphatic carbocycles. The lowest BCUT2D eigenvalue weighted by atomic mass is 9.96. The van der Waals surface area contributed by atoms with E-state index in [0.717, 1.165) is 18.1 Å². The molecule has 1 aliphatic rings. The molecule has 0 aromatic heterocycles. The SMILES string of the molecule is CCC1(C)CCSC(=NCCOC(C)C)N1. The molecule has 1 heterocycles. The van der Waals surface area contributed by atoms with Crippen LogP contribution < -0.4 is 5.32 Å². The molecule has 0 radical (unpaired) electrons. The van der Waals surface area contributed by atoms with Crippen LogP contribution in [0.1, 0.15) is 40.5 Å². The fraction of sp³-hybridized carbons (Fsp3) is 0.917. The minimum atomic E-state index is 0.239. The molecule has 0 spiro atoms. The second kappa shape index (κ2) is 6.50. The monoisotopic (exact) mass is 244 g/mol. The molecule has 1 fully saturated rings. The smallest absolute Gasteiger partial charge is 0.157 e. The van der Waals surface area contributed by atoms with E-state index in [2.05, 4.69) is 38.0 Å². The van der Waals surface area contributed by atoms with Crippen molar-refractivity contribution in [1.82, 2.24) is 5.32 Å². The quantitative estimate of drug-likeness (QED) is 0.755. The maximum Gasteiger partial charge on any atom is 0.157 e. The van der Waals surface area contributed by atoms with Crippen LogP contribution in [0.3, 0.4) is 0 Å². The van der Waals surface area contributed by atoms with Gasteiger partial charge in [0.05, 0.1) is 19.3 Å². The van der Waals surface area contributed by atoms with Gasteiger partial charge in [0, 0.05) is 11.3 Å². The first-order valence-corrected chi connectivity index (χ1v) is 7.11. The van der Waals surface area contributed by atoms with Crippen molar-refractivity contribution >= 4 is 16.9 Å². The second-order valence-corrected chi connectivity index (χ2v) is 5.83. The van der Waals surface area contributed by atoms with Crippen molar-refractivity contribution in [2.75, 3.05) is 18.9 Å². The average Bonchev–Trinajstić information content (AvgIpc) is 2.24. The molecule has 1 saturated heterocycles. The molecule has 0 saturated carbocycles. The van der Waals surface area contributed by atoms with Crippen LogP contribution in [-0.2, 0) is 4.74 Å². The van der Waals surface area contributed by atoms with Gasteiger partial charge in [0.15, 0.2) is 5.17 Å². The molecule has 1 aliphatic heterocycles. The molecule has 94 valence electrons. The van der Waals surface area contributed by atoms with E-state index in [4.69, 9.17) is 4.74 Å². The standard InChI is InChI=1S/C12H24N2OS/c1-5-12(4)6-9-16-11(14-12)13-7-8-15-10(2)3/h10H,5-9H2,1-4H3,(H,13,14). The molecule has 16 heavy (non-hydrogen) atoms. The minimum absolute atomic E-state index is 0.239. The Morgan fingerprint density at radius 3 is 2.94 bits per heavy atom. The van der Waals surface area contributed by atoms with Gasteiger partial charge in [0.1, 0.15) is 0 Å². The number of thioether (sulfide) groups is 1. The predicted octanol–water partition coefficient (Wildman–Crippen LogP) is 2.66. The van der Waals surface area contributed by atoms with Crippen molar-refractivity contribution in [2.45, 2.75) is 52.2 Å². The molecule has 0 amide bonds. The first-order chi connectivity index (χ1) is 7.56. The molecule has 3 nitrogen and oxygen atoms in total. The third kappa shape index (κ3) is 4.74. The first kappa shape index (κ1) is 13.8. The van der Waals surface area contributed by atoms with Crippen molar-refractivity contribution < 1.29 is 4.74 Å². The molecule has 1 N–H and O–H groups in total. The van der Waals surface area contributed by atoms with Gasteiger partial charge in [0.2, 0.25) is 0 Å². The summed E-state index contributed by atoms with van der Waals surface area (Å²) in [5, 5.41) is 4.61. The van der Waals surface area contributed by atoms with Crippen LogP contribution in [0.2, 0.25) is 0 Å². The Kier molecular flexibility index (Phi) is 5.62. The van der Waals surface area contributed by atoms with Crippen molar-refractivity contribution in [3.8, 4) is 0 Å². The van der Waals surface area contributed by atoms with Crippen molar-refractivity contribution in [2.24, 2.45) is 4.99 Å². The molecule has 1 unspecified atom stereocenters. The number of amidine groups is 1. The summed E-state index contributed by atoms with van der Waals surface area (Å²) in [6.45, 7) is 10.1. The van der Waals surface area contributed by atoms with Crippen LogP contribution in [0.15, 0.2) is 4.99 Å². The molecule has 1 rings (SSSR count). The van der Waals surface area contributed by atoms with Gasteiger partial charge in [-0.05, 0) is 33.6 Å². The third-order valence-electron chi connectivity index (χ3n) is 2.88. The summed E-state index contributed by atoms with van der Waals surface area (Å²) in [6, 6.07) is 0. The highest BCUT2D eigenvalue weighted by Crippen LogP contribution is 2.24. The van der Waals surface area contributed by atoms with Gasteiger partial charge < -0.3 is 10.1 Å². The average molecular weight is 244 g/mol. The number of hydrogen-bond acceptors (Lipinski definition) is 3. The summed E-state index contributed by atoms with van der Waals surface area (Å²) in [5.74, 6) is 1.17. The lowest BCUT2D eigenvalue weighted by Crippen LogP contribution is -2.48. The van der Waals surface area contributed by atoms with E-state index in [9.17, 15) is 0 Å². The van der Waals surface area contributed by atoms with E-state index >= 15 is 0 Å². The Morgan fingerprint density at radius 1 is 1.56 bits per heavy atom. The predicted molar refractivity (Wildman–Crippen MR) is 72.3 cm³/mol. The topological polar surface area (TPSA) is 33.6 Å². The summed E-state index contributed by atoms with van der Waals surface area (Å²) in [6.07, 6.45) is 2.66. The van der Waals surface area contributed by atoms with Crippen molar-refractivity contribution in [3.05, 3.63) is 0 Å². The van der Waals surface area contributed by atoms with Gasteiger partial charge in [-0.25, -0.2) is 0 Å². The van der Waals surface area contributed by atoms with Crippen LogP contribution in [0.5, 0.6) is 0 Å². The van der Waals surface area contributed by atoms with Gasteiger partial charge in [-0.15, -0.1) is 0 Å². The van der Waals surface area contributed by atoms with E-state index in [1.807, 2.05) is 11.8 Å².